The lowest BCUT2D eigenvalue weighted by Gasteiger charge is -2.14. The smallest absolute Gasteiger partial charge is 0.0785 e. The van der Waals surface area contributed by atoms with E-state index in [0.717, 1.165) is 5.56 Å². The number of rotatable bonds is 6. The monoisotopic (exact) mass is 243 g/mol. The van der Waals surface area contributed by atoms with Gasteiger partial charge in [0.05, 0.1) is 19.3 Å². The number of hydrogen-bond donors (Lipinski definition) is 1. The molecule has 1 aromatic rings. The van der Waals surface area contributed by atoms with Gasteiger partial charge in [-0.1, -0.05) is 11.6 Å². The molecule has 1 aromatic carbocycles. The van der Waals surface area contributed by atoms with Gasteiger partial charge in [0.2, 0.25) is 0 Å². The van der Waals surface area contributed by atoms with Crippen LogP contribution in [0.4, 0.5) is 5.69 Å². The molecule has 4 heteroatoms. The first-order chi connectivity index (χ1) is 7.63. The zero-order valence-electron chi connectivity index (χ0n) is 9.70. The van der Waals surface area contributed by atoms with E-state index >= 15 is 0 Å². The van der Waals surface area contributed by atoms with Gasteiger partial charge in [0, 0.05) is 22.9 Å². The molecular formula is C12H18ClNO2. The van der Waals surface area contributed by atoms with Crippen molar-refractivity contribution in [3.63, 3.8) is 0 Å². The molecule has 2 N–H and O–H groups in total. The Hall–Kier alpha value is -0.770. The predicted octanol–water partition coefficient (Wildman–Crippen LogP) is 2.86. The van der Waals surface area contributed by atoms with E-state index in [-0.39, 0.29) is 6.10 Å². The van der Waals surface area contributed by atoms with Crippen molar-refractivity contribution >= 4 is 17.3 Å². The third-order valence-corrected chi connectivity index (χ3v) is 2.42. The molecule has 0 aliphatic carbocycles. The molecule has 0 saturated heterocycles. The van der Waals surface area contributed by atoms with Crippen LogP contribution < -0.4 is 5.73 Å². The van der Waals surface area contributed by atoms with E-state index in [2.05, 4.69) is 0 Å². The van der Waals surface area contributed by atoms with Gasteiger partial charge in [-0.2, -0.15) is 0 Å². The summed E-state index contributed by atoms with van der Waals surface area (Å²) in [5, 5.41) is 0.672. The van der Waals surface area contributed by atoms with Gasteiger partial charge in [0.15, 0.2) is 0 Å². The standard InChI is InChI=1S/C12H18ClNO2/c1-3-15-7-9(2)16-8-10-6-11(13)4-5-12(10)14/h4-6,9H,3,7-8,14H2,1-2H3. The molecule has 0 fully saturated rings. The van der Waals surface area contributed by atoms with Crippen molar-refractivity contribution in [3.8, 4) is 0 Å². The van der Waals surface area contributed by atoms with Crippen LogP contribution in [0.25, 0.3) is 0 Å². The number of hydrogen-bond acceptors (Lipinski definition) is 3. The number of nitrogen functional groups attached to an aromatic ring is 1. The van der Waals surface area contributed by atoms with Crippen LogP contribution >= 0.6 is 11.6 Å². The van der Waals surface area contributed by atoms with E-state index in [1.54, 1.807) is 12.1 Å². The Labute approximate surface area is 101 Å². The van der Waals surface area contributed by atoms with E-state index in [1.165, 1.54) is 0 Å². The summed E-state index contributed by atoms with van der Waals surface area (Å²) in [5.41, 5.74) is 7.42. The summed E-state index contributed by atoms with van der Waals surface area (Å²) < 4.78 is 10.9. The first-order valence-corrected chi connectivity index (χ1v) is 5.74. The Morgan fingerprint density at radius 3 is 2.88 bits per heavy atom. The summed E-state index contributed by atoms with van der Waals surface area (Å²) >= 11 is 5.88. The fourth-order valence-electron chi connectivity index (χ4n) is 1.26. The Morgan fingerprint density at radius 1 is 1.44 bits per heavy atom. The van der Waals surface area contributed by atoms with E-state index in [4.69, 9.17) is 26.8 Å². The first kappa shape index (κ1) is 13.3. The number of anilines is 1. The zero-order chi connectivity index (χ0) is 12.0. The minimum Gasteiger partial charge on any atom is -0.398 e. The topological polar surface area (TPSA) is 44.5 Å². The average Bonchev–Trinajstić information content (AvgIpc) is 2.27. The highest BCUT2D eigenvalue weighted by molar-refractivity contribution is 6.30. The molecule has 0 amide bonds. The maximum atomic E-state index is 5.88. The van der Waals surface area contributed by atoms with E-state index in [1.807, 2.05) is 19.9 Å². The number of nitrogens with two attached hydrogens (primary N) is 1. The van der Waals surface area contributed by atoms with E-state index in [9.17, 15) is 0 Å². The van der Waals surface area contributed by atoms with Gasteiger partial charge >= 0.3 is 0 Å². The summed E-state index contributed by atoms with van der Waals surface area (Å²) in [4.78, 5) is 0. The summed E-state index contributed by atoms with van der Waals surface area (Å²) in [6, 6.07) is 5.38. The van der Waals surface area contributed by atoms with E-state index in [0.29, 0.717) is 30.5 Å². The van der Waals surface area contributed by atoms with Gasteiger partial charge in [-0.3, -0.25) is 0 Å². The van der Waals surface area contributed by atoms with Crippen LogP contribution in [-0.4, -0.2) is 19.3 Å². The summed E-state index contributed by atoms with van der Waals surface area (Å²) in [5.74, 6) is 0. The minimum atomic E-state index is 0.0540. The highest BCUT2D eigenvalue weighted by Gasteiger charge is 2.05. The van der Waals surface area contributed by atoms with Gasteiger partial charge in [-0.05, 0) is 32.0 Å². The molecule has 0 spiro atoms. The van der Waals surface area contributed by atoms with Crippen molar-refractivity contribution in [2.45, 2.75) is 26.6 Å². The van der Waals surface area contributed by atoms with Gasteiger partial charge < -0.3 is 15.2 Å². The van der Waals surface area contributed by atoms with Crippen molar-refractivity contribution < 1.29 is 9.47 Å². The van der Waals surface area contributed by atoms with Crippen LogP contribution in [-0.2, 0) is 16.1 Å². The first-order valence-electron chi connectivity index (χ1n) is 5.36. The molecule has 90 valence electrons. The number of ether oxygens (including phenoxy) is 2. The zero-order valence-corrected chi connectivity index (χ0v) is 10.5. The van der Waals surface area contributed by atoms with Crippen molar-refractivity contribution in [3.05, 3.63) is 28.8 Å². The van der Waals surface area contributed by atoms with Crippen molar-refractivity contribution in [1.29, 1.82) is 0 Å². The van der Waals surface area contributed by atoms with Crippen LogP contribution in [0.2, 0.25) is 5.02 Å². The Morgan fingerprint density at radius 2 is 2.19 bits per heavy atom. The molecule has 0 saturated carbocycles. The molecular weight excluding hydrogens is 226 g/mol. The van der Waals surface area contributed by atoms with Crippen molar-refractivity contribution in [2.24, 2.45) is 0 Å². The fourth-order valence-corrected chi connectivity index (χ4v) is 1.46. The van der Waals surface area contributed by atoms with Crippen LogP contribution in [0.1, 0.15) is 19.4 Å². The second-order valence-corrected chi connectivity index (χ2v) is 4.06. The Bertz CT molecular complexity index is 331. The molecule has 0 aromatic heterocycles. The quantitative estimate of drug-likeness (QED) is 0.782. The number of halogens is 1. The molecule has 3 nitrogen and oxygen atoms in total. The van der Waals surface area contributed by atoms with Crippen LogP contribution in [0.3, 0.4) is 0 Å². The molecule has 16 heavy (non-hydrogen) atoms. The summed E-state index contributed by atoms with van der Waals surface area (Å²) in [7, 11) is 0. The lowest BCUT2D eigenvalue weighted by atomic mass is 10.2. The third-order valence-electron chi connectivity index (χ3n) is 2.19. The molecule has 0 heterocycles. The summed E-state index contributed by atoms with van der Waals surface area (Å²) in [6.45, 7) is 5.68. The molecule has 0 aliphatic heterocycles. The van der Waals surface area contributed by atoms with Crippen LogP contribution in [0, 0.1) is 0 Å². The number of benzene rings is 1. The predicted molar refractivity (Wildman–Crippen MR) is 66.6 cm³/mol. The lowest BCUT2D eigenvalue weighted by Crippen LogP contribution is -2.16. The van der Waals surface area contributed by atoms with Crippen molar-refractivity contribution in [2.75, 3.05) is 18.9 Å². The maximum absolute atomic E-state index is 5.88. The molecule has 0 radical (unpaired) electrons. The second kappa shape index (κ2) is 6.74. The molecule has 1 unspecified atom stereocenters. The van der Waals surface area contributed by atoms with E-state index < -0.39 is 0 Å². The third kappa shape index (κ3) is 4.39. The van der Waals surface area contributed by atoms with Gasteiger partial charge in [0.1, 0.15) is 0 Å². The second-order valence-electron chi connectivity index (χ2n) is 3.62. The molecule has 0 aliphatic rings. The van der Waals surface area contributed by atoms with Crippen molar-refractivity contribution in [1.82, 2.24) is 0 Å². The van der Waals surface area contributed by atoms with Gasteiger partial charge in [-0.15, -0.1) is 0 Å². The minimum absolute atomic E-state index is 0.0540. The highest BCUT2D eigenvalue weighted by atomic mass is 35.5. The average molecular weight is 244 g/mol. The Balaban J connectivity index is 2.44. The van der Waals surface area contributed by atoms with Crippen LogP contribution in [0.15, 0.2) is 18.2 Å². The Kier molecular flexibility index (Phi) is 5.60. The lowest BCUT2D eigenvalue weighted by molar-refractivity contribution is -0.0114. The summed E-state index contributed by atoms with van der Waals surface area (Å²) in [6.07, 6.45) is 0.0540. The SMILES string of the molecule is CCOCC(C)OCc1cc(Cl)ccc1N. The maximum Gasteiger partial charge on any atom is 0.0785 e. The fraction of sp³-hybridized carbons (Fsp3) is 0.500. The largest absolute Gasteiger partial charge is 0.398 e. The van der Waals surface area contributed by atoms with Gasteiger partial charge in [-0.25, -0.2) is 0 Å². The van der Waals surface area contributed by atoms with Crippen LogP contribution in [0.5, 0.6) is 0 Å². The molecule has 0 bridgehead atoms. The normalized spacial score (nSPS) is 12.7. The molecule has 1 rings (SSSR count). The van der Waals surface area contributed by atoms with Gasteiger partial charge in [0.25, 0.3) is 0 Å². The highest BCUT2D eigenvalue weighted by Crippen LogP contribution is 2.19. The molecule has 1 atom stereocenters.